The molecule has 0 unspecified atom stereocenters. The number of hydrogen-bond donors (Lipinski definition) is 1. The number of hydrogen-bond acceptors (Lipinski definition) is 2. The molecule has 2 heteroatoms. The standard InChI is InChI=1S/C15H21NO/c1-5-10-15(11-6-2,12-7-3)13-8-9-14(4)16-17/h5-7,17H,1-3,10-13H2,4H3/b16-14+. The second-order valence-electron chi connectivity index (χ2n) is 4.14. The lowest BCUT2D eigenvalue weighted by atomic mass is 9.75. The second kappa shape index (κ2) is 8.41. The van der Waals surface area contributed by atoms with E-state index >= 15 is 0 Å². The number of rotatable bonds is 7. The molecule has 92 valence electrons. The van der Waals surface area contributed by atoms with Gasteiger partial charge in [0, 0.05) is 6.42 Å². The first-order chi connectivity index (χ1) is 8.14. The maximum atomic E-state index is 8.51. The molecular formula is C15H21NO. The van der Waals surface area contributed by atoms with Crippen LogP contribution in [-0.4, -0.2) is 10.9 Å². The Bertz CT molecular complexity index is 328. The molecule has 1 N–H and O–H groups in total. The molecule has 0 rings (SSSR count). The quantitative estimate of drug-likeness (QED) is 0.232. The van der Waals surface area contributed by atoms with Crippen molar-refractivity contribution in [1.82, 2.24) is 0 Å². The van der Waals surface area contributed by atoms with Crippen molar-refractivity contribution < 1.29 is 5.21 Å². The normalized spacial score (nSPS) is 11.2. The van der Waals surface area contributed by atoms with E-state index in [-0.39, 0.29) is 5.41 Å². The number of allylic oxidation sites excluding steroid dienone is 3. The highest BCUT2D eigenvalue weighted by Gasteiger charge is 2.24. The fourth-order valence-electron chi connectivity index (χ4n) is 1.77. The largest absolute Gasteiger partial charge is 0.410 e. The summed E-state index contributed by atoms with van der Waals surface area (Å²) in [5.74, 6) is 5.86. The molecule has 0 fully saturated rings. The van der Waals surface area contributed by atoms with Crippen LogP contribution in [0.4, 0.5) is 0 Å². The van der Waals surface area contributed by atoms with Gasteiger partial charge in [0.2, 0.25) is 0 Å². The van der Waals surface area contributed by atoms with E-state index in [0.717, 1.165) is 19.3 Å². The molecule has 0 aromatic heterocycles. The topological polar surface area (TPSA) is 32.6 Å². The smallest absolute Gasteiger partial charge is 0.126 e. The van der Waals surface area contributed by atoms with Gasteiger partial charge in [-0.3, -0.25) is 0 Å². The third-order valence-corrected chi connectivity index (χ3v) is 2.61. The maximum Gasteiger partial charge on any atom is 0.126 e. The van der Waals surface area contributed by atoms with Gasteiger partial charge in [-0.25, -0.2) is 0 Å². The molecule has 0 saturated heterocycles. The Morgan fingerprint density at radius 1 is 1.18 bits per heavy atom. The van der Waals surface area contributed by atoms with Crippen molar-refractivity contribution in [3.63, 3.8) is 0 Å². The van der Waals surface area contributed by atoms with Crippen LogP contribution >= 0.6 is 0 Å². The minimum atomic E-state index is 0.0218. The first-order valence-corrected chi connectivity index (χ1v) is 5.64. The van der Waals surface area contributed by atoms with Crippen molar-refractivity contribution in [3.8, 4) is 11.8 Å². The molecule has 0 aliphatic heterocycles. The van der Waals surface area contributed by atoms with Gasteiger partial charge in [0.15, 0.2) is 0 Å². The van der Waals surface area contributed by atoms with E-state index in [1.807, 2.05) is 18.2 Å². The Morgan fingerprint density at radius 3 is 2.00 bits per heavy atom. The molecule has 0 heterocycles. The van der Waals surface area contributed by atoms with Crippen molar-refractivity contribution in [2.45, 2.75) is 32.6 Å². The van der Waals surface area contributed by atoms with E-state index in [1.54, 1.807) is 6.92 Å². The molecule has 0 aromatic rings. The van der Waals surface area contributed by atoms with Crippen LogP contribution in [0.1, 0.15) is 32.6 Å². The summed E-state index contributed by atoms with van der Waals surface area (Å²) in [5.41, 5.74) is 0.447. The molecule has 0 bridgehead atoms. The van der Waals surface area contributed by atoms with Gasteiger partial charge >= 0.3 is 0 Å². The van der Waals surface area contributed by atoms with Gasteiger partial charge in [0.25, 0.3) is 0 Å². The Kier molecular flexibility index (Phi) is 7.54. The average Bonchev–Trinajstić information content (AvgIpc) is 2.30. The summed E-state index contributed by atoms with van der Waals surface area (Å²) < 4.78 is 0. The zero-order valence-electron chi connectivity index (χ0n) is 10.6. The minimum Gasteiger partial charge on any atom is -0.410 e. The second-order valence-corrected chi connectivity index (χ2v) is 4.14. The third-order valence-electron chi connectivity index (χ3n) is 2.61. The van der Waals surface area contributed by atoms with Crippen LogP contribution in [0.2, 0.25) is 0 Å². The zero-order chi connectivity index (χ0) is 13.1. The van der Waals surface area contributed by atoms with Gasteiger partial charge in [-0.15, -0.1) is 19.7 Å². The Labute approximate surface area is 104 Å². The van der Waals surface area contributed by atoms with Crippen LogP contribution < -0.4 is 0 Å². The third kappa shape index (κ3) is 5.77. The molecule has 0 atom stereocenters. The fraction of sp³-hybridized carbons (Fsp3) is 0.400. The summed E-state index contributed by atoms with van der Waals surface area (Å²) in [6, 6.07) is 0. The SMILES string of the molecule is C=CCC(CC#C/C(C)=N/O)(CC=C)CC=C. The summed E-state index contributed by atoms with van der Waals surface area (Å²) in [6.45, 7) is 13.0. The molecule has 0 saturated carbocycles. The predicted molar refractivity (Wildman–Crippen MR) is 74.2 cm³/mol. The summed E-state index contributed by atoms with van der Waals surface area (Å²) in [7, 11) is 0. The van der Waals surface area contributed by atoms with Gasteiger partial charge in [0.05, 0.1) is 0 Å². The molecule has 0 spiro atoms. The average molecular weight is 231 g/mol. The predicted octanol–water partition coefficient (Wildman–Crippen LogP) is 3.94. The van der Waals surface area contributed by atoms with Crippen LogP contribution in [-0.2, 0) is 0 Å². The lowest BCUT2D eigenvalue weighted by Crippen LogP contribution is -2.18. The Morgan fingerprint density at radius 2 is 1.65 bits per heavy atom. The van der Waals surface area contributed by atoms with Crippen molar-refractivity contribution >= 4 is 5.71 Å². The number of oxime groups is 1. The summed E-state index contributed by atoms with van der Waals surface area (Å²) in [6.07, 6.45) is 9.04. The minimum absolute atomic E-state index is 0.0218. The molecule has 0 aliphatic carbocycles. The van der Waals surface area contributed by atoms with Crippen LogP contribution in [0.15, 0.2) is 43.1 Å². The molecular weight excluding hydrogens is 210 g/mol. The van der Waals surface area contributed by atoms with Gasteiger partial charge in [-0.1, -0.05) is 29.3 Å². The van der Waals surface area contributed by atoms with E-state index in [9.17, 15) is 0 Å². The van der Waals surface area contributed by atoms with Crippen molar-refractivity contribution in [2.24, 2.45) is 10.6 Å². The molecule has 0 amide bonds. The van der Waals surface area contributed by atoms with Crippen LogP contribution in [0, 0.1) is 17.3 Å². The van der Waals surface area contributed by atoms with E-state index in [2.05, 4.69) is 36.7 Å². The highest BCUT2D eigenvalue weighted by molar-refractivity contribution is 5.97. The lowest BCUT2D eigenvalue weighted by molar-refractivity contribution is 0.307. The fourth-order valence-corrected chi connectivity index (χ4v) is 1.77. The van der Waals surface area contributed by atoms with Crippen molar-refractivity contribution in [2.75, 3.05) is 0 Å². The molecule has 0 aromatic carbocycles. The maximum absolute atomic E-state index is 8.51. The van der Waals surface area contributed by atoms with E-state index in [0.29, 0.717) is 12.1 Å². The summed E-state index contributed by atoms with van der Waals surface area (Å²) in [4.78, 5) is 0. The summed E-state index contributed by atoms with van der Waals surface area (Å²) in [5, 5.41) is 11.5. The van der Waals surface area contributed by atoms with Crippen LogP contribution in [0.3, 0.4) is 0 Å². The van der Waals surface area contributed by atoms with Crippen LogP contribution in [0.25, 0.3) is 0 Å². The first kappa shape index (κ1) is 15.2. The first-order valence-electron chi connectivity index (χ1n) is 5.64. The zero-order valence-corrected chi connectivity index (χ0v) is 10.6. The number of nitrogens with zero attached hydrogens (tertiary/aromatic N) is 1. The van der Waals surface area contributed by atoms with E-state index < -0.39 is 0 Å². The summed E-state index contributed by atoms with van der Waals surface area (Å²) >= 11 is 0. The van der Waals surface area contributed by atoms with Gasteiger partial charge in [-0.2, -0.15) is 0 Å². The van der Waals surface area contributed by atoms with Crippen molar-refractivity contribution in [1.29, 1.82) is 0 Å². The van der Waals surface area contributed by atoms with Crippen LogP contribution in [0.5, 0.6) is 0 Å². The Hall–Kier alpha value is -1.75. The van der Waals surface area contributed by atoms with Gasteiger partial charge < -0.3 is 5.21 Å². The molecule has 2 nitrogen and oxygen atoms in total. The highest BCUT2D eigenvalue weighted by atomic mass is 16.4. The monoisotopic (exact) mass is 231 g/mol. The van der Waals surface area contributed by atoms with Gasteiger partial charge in [0.1, 0.15) is 5.71 Å². The lowest BCUT2D eigenvalue weighted by Gasteiger charge is -2.28. The Balaban J connectivity index is 4.85. The highest BCUT2D eigenvalue weighted by Crippen LogP contribution is 2.35. The molecule has 0 radical (unpaired) electrons. The van der Waals surface area contributed by atoms with Gasteiger partial charge in [-0.05, 0) is 37.5 Å². The molecule has 17 heavy (non-hydrogen) atoms. The van der Waals surface area contributed by atoms with Crippen molar-refractivity contribution in [3.05, 3.63) is 38.0 Å². The molecule has 0 aliphatic rings. The van der Waals surface area contributed by atoms with E-state index in [1.165, 1.54) is 0 Å². The van der Waals surface area contributed by atoms with E-state index in [4.69, 9.17) is 5.21 Å².